The maximum absolute atomic E-state index is 11.4. The van der Waals surface area contributed by atoms with E-state index in [-0.39, 0.29) is 11.8 Å². The molecule has 100 valence electrons. The third-order valence-electron chi connectivity index (χ3n) is 2.91. The van der Waals surface area contributed by atoms with Crippen molar-refractivity contribution in [2.75, 3.05) is 13.6 Å². The molecule has 0 rings (SSSR count). The summed E-state index contributed by atoms with van der Waals surface area (Å²) in [6.45, 7) is 4.31. The van der Waals surface area contributed by atoms with Crippen molar-refractivity contribution in [1.29, 1.82) is 0 Å². The summed E-state index contributed by atoms with van der Waals surface area (Å²) < 4.78 is 0. The Labute approximate surface area is 103 Å². The van der Waals surface area contributed by atoms with Gasteiger partial charge in [-0.2, -0.15) is 0 Å². The number of rotatable bonds is 9. The van der Waals surface area contributed by atoms with Gasteiger partial charge < -0.3 is 15.7 Å². The Morgan fingerprint density at radius 1 is 1.29 bits per heavy atom. The van der Waals surface area contributed by atoms with Crippen LogP contribution in [0, 0.1) is 5.92 Å². The number of carboxylic acid groups (broad SMARTS) is 1. The van der Waals surface area contributed by atoms with Crippen molar-refractivity contribution in [2.24, 2.45) is 5.92 Å². The Bertz CT molecular complexity index is 244. The Morgan fingerprint density at radius 2 is 1.94 bits per heavy atom. The van der Waals surface area contributed by atoms with E-state index >= 15 is 0 Å². The molecule has 5 heteroatoms. The second-order valence-electron chi connectivity index (χ2n) is 4.23. The van der Waals surface area contributed by atoms with Gasteiger partial charge in [0.25, 0.3) is 0 Å². The summed E-state index contributed by atoms with van der Waals surface area (Å²) in [7, 11) is 1.65. The highest BCUT2D eigenvalue weighted by molar-refractivity contribution is 5.78. The van der Waals surface area contributed by atoms with Gasteiger partial charge in [-0.3, -0.25) is 9.59 Å². The molecule has 0 aromatic heterocycles. The van der Waals surface area contributed by atoms with Crippen LogP contribution in [0.1, 0.15) is 39.5 Å². The summed E-state index contributed by atoms with van der Waals surface area (Å²) in [5.74, 6) is -0.655. The van der Waals surface area contributed by atoms with Crippen LogP contribution in [-0.2, 0) is 9.59 Å². The molecule has 0 saturated heterocycles. The largest absolute Gasteiger partial charge is 0.480 e. The third-order valence-corrected chi connectivity index (χ3v) is 2.91. The van der Waals surface area contributed by atoms with Crippen molar-refractivity contribution in [1.82, 2.24) is 10.6 Å². The molecule has 1 unspecified atom stereocenters. The molecule has 0 spiro atoms. The fourth-order valence-electron chi connectivity index (χ4n) is 1.65. The van der Waals surface area contributed by atoms with Gasteiger partial charge in [0, 0.05) is 13.0 Å². The average Bonchev–Trinajstić information content (AvgIpc) is 2.32. The number of hydrogen-bond donors (Lipinski definition) is 3. The number of unbranched alkanes of at least 4 members (excludes halogenated alkanes) is 1. The molecule has 0 fully saturated rings. The lowest BCUT2D eigenvalue weighted by Crippen LogP contribution is -2.34. The molecule has 0 aliphatic heterocycles. The fraction of sp³-hybridized carbons (Fsp3) is 0.833. The van der Waals surface area contributed by atoms with Crippen LogP contribution < -0.4 is 10.6 Å². The predicted octanol–water partition coefficient (Wildman–Crippen LogP) is 0.992. The fourth-order valence-corrected chi connectivity index (χ4v) is 1.65. The SMILES string of the molecule is CC[C@@H](CCCCNC(C)C(=O)O)C(=O)NC. The van der Waals surface area contributed by atoms with Gasteiger partial charge in [0.05, 0.1) is 0 Å². The standard InChI is InChI=1S/C12H24N2O3/c1-4-10(11(15)13-3)7-5-6-8-14-9(2)12(16)17/h9-10,14H,4-8H2,1-3H3,(H,13,15)(H,16,17)/t9?,10-/m0/s1. The van der Waals surface area contributed by atoms with Crippen LogP contribution in [0.3, 0.4) is 0 Å². The van der Waals surface area contributed by atoms with E-state index in [0.717, 1.165) is 25.7 Å². The zero-order chi connectivity index (χ0) is 13.3. The minimum absolute atomic E-state index is 0.0805. The molecular weight excluding hydrogens is 220 g/mol. The lowest BCUT2D eigenvalue weighted by Gasteiger charge is -2.13. The Morgan fingerprint density at radius 3 is 2.41 bits per heavy atom. The number of amides is 1. The first kappa shape index (κ1) is 15.9. The van der Waals surface area contributed by atoms with Crippen LogP contribution in [0.5, 0.6) is 0 Å². The molecule has 3 N–H and O–H groups in total. The zero-order valence-corrected chi connectivity index (χ0v) is 11.0. The lowest BCUT2D eigenvalue weighted by molar-refractivity contribution is -0.139. The first-order chi connectivity index (χ1) is 8.02. The molecule has 0 heterocycles. The van der Waals surface area contributed by atoms with E-state index in [0.29, 0.717) is 6.54 Å². The number of hydrogen-bond acceptors (Lipinski definition) is 3. The molecule has 5 nitrogen and oxygen atoms in total. The first-order valence-electron chi connectivity index (χ1n) is 6.20. The zero-order valence-electron chi connectivity index (χ0n) is 11.0. The Hall–Kier alpha value is -1.10. The van der Waals surface area contributed by atoms with Crippen LogP contribution in [-0.4, -0.2) is 36.6 Å². The maximum Gasteiger partial charge on any atom is 0.320 e. The highest BCUT2D eigenvalue weighted by atomic mass is 16.4. The number of nitrogens with one attached hydrogen (secondary N) is 2. The molecule has 1 amide bonds. The number of carbonyl (C=O) groups is 2. The van der Waals surface area contributed by atoms with Crippen LogP contribution in [0.15, 0.2) is 0 Å². The van der Waals surface area contributed by atoms with Crippen LogP contribution in [0.25, 0.3) is 0 Å². The highest BCUT2D eigenvalue weighted by Crippen LogP contribution is 2.12. The lowest BCUT2D eigenvalue weighted by atomic mass is 9.98. The normalized spacial score (nSPS) is 14.1. The maximum atomic E-state index is 11.4. The number of aliphatic carboxylic acids is 1. The summed E-state index contributed by atoms with van der Waals surface area (Å²) in [5.41, 5.74) is 0. The average molecular weight is 244 g/mol. The minimum Gasteiger partial charge on any atom is -0.480 e. The van der Waals surface area contributed by atoms with E-state index in [2.05, 4.69) is 10.6 Å². The van der Waals surface area contributed by atoms with E-state index in [1.807, 2.05) is 6.92 Å². The van der Waals surface area contributed by atoms with Crippen molar-refractivity contribution in [2.45, 2.75) is 45.6 Å². The Balaban J connectivity index is 3.62. The van der Waals surface area contributed by atoms with Crippen LogP contribution in [0.2, 0.25) is 0 Å². The van der Waals surface area contributed by atoms with Gasteiger partial charge in [-0.05, 0) is 32.7 Å². The number of carbonyl (C=O) groups excluding carboxylic acids is 1. The Kier molecular flexibility index (Phi) is 8.40. The molecule has 0 bridgehead atoms. The van der Waals surface area contributed by atoms with Gasteiger partial charge in [0.1, 0.15) is 6.04 Å². The summed E-state index contributed by atoms with van der Waals surface area (Å²) in [6.07, 6.45) is 3.54. The molecule has 17 heavy (non-hydrogen) atoms. The van der Waals surface area contributed by atoms with E-state index in [1.54, 1.807) is 14.0 Å². The molecule has 0 radical (unpaired) electrons. The minimum atomic E-state index is -0.832. The molecule has 0 aliphatic carbocycles. The molecule has 2 atom stereocenters. The van der Waals surface area contributed by atoms with Crippen LogP contribution >= 0.6 is 0 Å². The first-order valence-corrected chi connectivity index (χ1v) is 6.20. The second-order valence-corrected chi connectivity index (χ2v) is 4.23. The number of carboxylic acids is 1. The van der Waals surface area contributed by atoms with E-state index < -0.39 is 12.0 Å². The van der Waals surface area contributed by atoms with Gasteiger partial charge in [0.15, 0.2) is 0 Å². The summed E-state index contributed by atoms with van der Waals surface area (Å²) in [4.78, 5) is 21.9. The predicted molar refractivity (Wildman–Crippen MR) is 66.8 cm³/mol. The van der Waals surface area contributed by atoms with Gasteiger partial charge in [-0.25, -0.2) is 0 Å². The van der Waals surface area contributed by atoms with Crippen molar-refractivity contribution >= 4 is 11.9 Å². The molecule has 0 aromatic rings. The van der Waals surface area contributed by atoms with Gasteiger partial charge >= 0.3 is 5.97 Å². The van der Waals surface area contributed by atoms with Crippen LogP contribution in [0.4, 0.5) is 0 Å². The molecule has 0 aromatic carbocycles. The summed E-state index contributed by atoms with van der Waals surface area (Å²) in [6, 6.07) is -0.504. The molecule has 0 saturated carbocycles. The highest BCUT2D eigenvalue weighted by Gasteiger charge is 2.14. The van der Waals surface area contributed by atoms with E-state index in [1.165, 1.54) is 0 Å². The summed E-state index contributed by atoms with van der Waals surface area (Å²) >= 11 is 0. The van der Waals surface area contributed by atoms with Crippen molar-refractivity contribution < 1.29 is 14.7 Å². The molecule has 0 aliphatic rings. The summed E-state index contributed by atoms with van der Waals surface area (Å²) in [5, 5.41) is 14.2. The van der Waals surface area contributed by atoms with Crippen molar-refractivity contribution in [3.8, 4) is 0 Å². The monoisotopic (exact) mass is 244 g/mol. The van der Waals surface area contributed by atoms with Crippen molar-refractivity contribution in [3.63, 3.8) is 0 Å². The van der Waals surface area contributed by atoms with Gasteiger partial charge in [-0.15, -0.1) is 0 Å². The second kappa shape index (κ2) is 8.98. The van der Waals surface area contributed by atoms with E-state index in [9.17, 15) is 9.59 Å². The smallest absolute Gasteiger partial charge is 0.320 e. The molecular formula is C12H24N2O3. The topological polar surface area (TPSA) is 78.4 Å². The quantitative estimate of drug-likeness (QED) is 0.529. The van der Waals surface area contributed by atoms with Gasteiger partial charge in [0.2, 0.25) is 5.91 Å². The van der Waals surface area contributed by atoms with Gasteiger partial charge in [-0.1, -0.05) is 13.3 Å². The third kappa shape index (κ3) is 6.94. The van der Waals surface area contributed by atoms with Crippen molar-refractivity contribution in [3.05, 3.63) is 0 Å². The van der Waals surface area contributed by atoms with E-state index in [4.69, 9.17) is 5.11 Å².